The third kappa shape index (κ3) is 4.21. The number of nitrogens with one attached hydrogen (secondary N) is 1. The zero-order chi connectivity index (χ0) is 21.3. The van der Waals surface area contributed by atoms with Crippen molar-refractivity contribution >= 4 is 27.5 Å². The maximum Gasteiger partial charge on any atom is 0.471 e. The fourth-order valence-electron chi connectivity index (χ4n) is 3.56. The molecular formula is C23H17BrF3NO2. The molecule has 3 nitrogen and oxygen atoms in total. The molecule has 154 valence electrons. The van der Waals surface area contributed by atoms with Gasteiger partial charge in [0.2, 0.25) is 0 Å². The molecule has 1 aliphatic rings. The summed E-state index contributed by atoms with van der Waals surface area (Å²) >= 11 is 3.57. The van der Waals surface area contributed by atoms with E-state index in [4.69, 9.17) is 4.74 Å². The first-order valence-electron chi connectivity index (χ1n) is 9.32. The van der Waals surface area contributed by atoms with E-state index in [1.54, 1.807) is 12.1 Å². The lowest BCUT2D eigenvalue weighted by molar-refractivity contribution is -0.167. The highest BCUT2D eigenvalue weighted by molar-refractivity contribution is 9.10. The van der Waals surface area contributed by atoms with Crippen molar-refractivity contribution in [3.05, 3.63) is 81.8 Å². The van der Waals surface area contributed by atoms with Gasteiger partial charge in [0, 0.05) is 15.7 Å². The van der Waals surface area contributed by atoms with Gasteiger partial charge >= 0.3 is 12.1 Å². The molecule has 1 aliphatic carbocycles. The first-order chi connectivity index (χ1) is 14.3. The Morgan fingerprint density at radius 2 is 1.80 bits per heavy atom. The Hall–Kier alpha value is -2.80. The third-order valence-electron chi connectivity index (χ3n) is 4.99. The summed E-state index contributed by atoms with van der Waals surface area (Å²) in [5, 5.41) is 1.94. The average Bonchev–Trinajstić information content (AvgIpc) is 2.73. The predicted molar refractivity (Wildman–Crippen MR) is 112 cm³/mol. The summed E-state index contributed by atoms with van der Waals surface area (Å²) in [6.07, 6.45) is -3.42. The van der Waals surface area contributed by atoms with Crippen molar-refractivity contribution in [1.82, 2.24) is 0 Å². The van der Waals surface area contributed by atoms with E-state index in [1.165, 1.54) is 6.07 Å². The van der Waals surface area contributed by atoms with Crippen LogP contribution >= 0.6 is 15.9 Å². The first kappa shape index (κ1) is 20.5. The van der Waals surface area contributed by atoms with Gasteiger partial charge in [0.15, 0.2) is 0 Å². The molecule has 1 N–H and O–H groups in total. The summed E-state index contributed by atoms with van der Waals surface area (Å²) in [7, 11) is 0. The molecule has 0 aromatic heterocycles. The lowest BCUT2D eigenvalue weighted by Gasteiger charge is -2.25. The number of fused-ring (bicyclic) bond motifs is 3. The molecular weight excluding hydrogens is 459 g/mol. The molecule has 0 spiro atoms. The number of aryl methyl sites for hydroxylation is 1. The van der Waals surface area contributed by atoms with Crippen molar-refractivity contribution < 1.29 is 22.7 Å². The topological polar surface area (TPSA) is 38.3 Å². The smallest absolute Gasteiger partial charge is 0.471 e. The van der Waals surface area contributed by atoms with Crippen molar-refractivity contribution in [2.24, 2.45) is 0 Å². The van der Waals surface area contributed by atoms with E-state index in [9.17, 15) is 18.0 Å². The molecule has 0 fully saturated rings. The molecule has 4 rings (SSSR count). The van der Waals surface area contributed by atoms with E-state index in [-0.39, 0.29) is 5.69 Å². The van der Waals surface area contributed by atoms with Crippen LogP contribution in [0.25, 0.3) is 11.1 Å². The first-order valence-corrected chi connectivity index (χ1v) is 10.1. The summed E-state index contributed by atoms with van der Waals surface area (Å²) < 4.78 is 45.0. The van der Waals surface area contributed by atoms with E-state index < -0.39 is 12.1 Å². The minimum absolute atomic E-state index is 0.0953. The van der Waals surface area contributed by atoms with Gasteiger partial charge in [-0.15, -0.1) is 0 Å². The lowest BCUT2D eigenvalue weighted by Crippen LogP contribution is -2.29. The minimum Gasteiger partial charge on any atom is -0.488 e. The Balaban J connectivity index is 1.71. The number of carbonyl (C=O) groups excluding carboxylic acids is 1. The van der Waals surface area contributed by atoms with Crippen LogP contribution < -0.4 is 10.1 Å². The molecule has 0 unspecified atom stereocenters. The van der Waals surface area contributed by atoms with E-state index in [1.807, 2.05) is 47.8 Å². The average molecular weight is 476 g/mol. The van der Waals surface area contributed by atoms with Gasteiger partial charge in [0.05, 0.1) is 0 Å². The number of anilines is 1. The maximum atomic E-state index is 12.7. The fraction of sp³-hybridized carbons (Fsp3) is 0.174. The monoisotopic (exact) mass is 475 g/mol. The van der Waals surface area contributed by atoms with Crippen LogP contribution in [-0.4, -0.2) is 12.1 Å². The molecule has 1 amide bonds. The summed E-state index contributed by atoms with van der Waals surface area (Å²) in [5.74, 6) is -1.34. The number of alkyl halides is 3. The van der Waals surface area contributed by atoms with Crippen LogP contribution in [0.15, 0.2) is 65.1 Å². The Morgan fingerprint density at radius 3 is 2.53 bits per heavy atom. The molecule has 0 saturated carbocycles. The van der Waals surface area contributed by atoms with E-state index in [2.05, 4.69) is 15.9 Å². The van der Waals surface area contributed by atoms with Gasteiger partial charge in [-0.25, -0.2) is 0 Å². The minimum atomic E-state index is -4.94. The van der Waals surface area contributed by atoms with Crippen LogP contribution in [0.2, 0.25) is 0 Å². The molecule has 0 saturated heterocycles. The molecule has 0 aliphatic heterocycles. The summed E-state index contributed by atoms with van der Waals surface area (Å²) in [5.41, 5.74) is 4.74. The number of carbonyl (C=O) groups is 1. The van der Waals surface area contributed by atoms with E-state index >= 15 is 0 Å². The van der Waals surface area contributed by atoms with Crippen molar-refractivity contribution in [3.63, 3.8) is 0 Å². The van der Waals surface area contributed by atoms with Crippen LogP contribution in [0.5, 0.6) is 5.75 Å². The second-order valence-corrected chi connectivity index (χ2v) is 7.85. The SMILES string of the molecule is O=C(Nc1ccc2c(c1)-c1c(OCc3ccccc3)ccc(Br)c1CC2)C(F)(F)F. The van der Waals surface area contributed by atoms with Gasteiger partial charge in [-0.05, 0) is 59.4 Å². The van der Waals surface area contributed by atoms with Crippen LogP contribution in [0, 0.1) is 0 Å². The molecule has 3 aromatic carbocycles. The van der Waals surface area contributed by atoms with Gasteiger partial charge in [-0.1, -0.05) is 52.3 Å². The Bertz CT molecular complexity index is 1100. The van der Waals surface area contributed by atoms with Crippen LogP contribution in [0.1, 0.15) is 16.7 Å². The second kappa shape index (κ2) is 8.14. The Labute approximate surface area is 180 Å². The summed E-state index contributed by atoms with van der Waals surface area (Å²) in [6.45, 7) is 0.370. The highest BCUT2D eigenvalue weighted by Crippen LogP contribution is 2.44. The number of benzene rings is 3. The highest BCUT2D eigenvalue weighted by atomic mass is 79.9. The zero-order valence-electron chi connectivity index (χ0n) is 15.7. The fourth-order valence-corrected chi connectivity index (χ4v) is 4.09. The van der Waals surface area contributed by atoms with Crippen LogP contribution in [0.3, 0.4) is 0 Å². The number of halogens is 4. The van der Waals surface area contributed by atoms with Crippen LogP contribution in [0.4, 0.5) is 18.9 Å². The van der Waals surface area contributed by atoms with Gasteiger partial charge < -0.3 is 10.1 Å². The highest BCUT2D eigenvalue weighted by Gasteiger charge is 2.38. The number of hydrogen-bond acceptors (Lipinski definition) is 2. The number of hydrogen-bond donors (Lipinski definition) is 1. The number of rotatable bonds is 4. The third-order valence-corrected chi connectivity index (χ3v) is 5.74. The number of ether oxygens (including phenoxy) is 1. The van der Waals surface area contributed by atoms with Gasteiger partial charge in [-0.2, -0.15) is 13.2 Å². The van der Waals surface area contributed by atoms with Crippen molar-refractivity contribution in [2.75, 3.05) is 5.32 Å². The summed E-state index contributed by atoms with van der Waals surface area (Å²) in [4.78, 5) is 11.4. The molecule has 30 heavy (non-hydrogen) atoms. The Morgan fingerprint density at radius 1 is 1.03 bits per heavy atom. The van der Waals surface area contributed by atoms with E-state index in [0.717, 1.165) is 45.1 Å². The second-order valence-electron chi connectivity index (χ2n) is 7.00. The largest absolute Gasteiger partial charge is 0.488 e. The summed E-state index contributed by atoms with van der Waals surface area (Å²) in [6, 6.07) is 18.3. The lowest BCUT2D eigenvalue weighted by atomic mass is 9.84. The quantitative estimate of drug-likeness (QED) is 0.481. The van der Waals surface area contributed by atoms with Crippen molar-refractivity contribution in [2.45, 2.75) is 25.6 Å². The predicted octanol–water partition coefficient (Wildman–Crippen LogP) is 6.29. The number of amides is 1. The molecule has 0 heterocycles. The molecule has 0 atom stereocenters. The zero-order valence-corrected chi connectivity index (χ0v) is 17.3. The van der Waals surface area contributed by atoms with Crippen LogP contribution in [-0.2, 0) is 24.2 Å². The maximum absolute atomic E-state index is 12.7. The molecule has 3 aromatic rings. The van der Waals surface area contributed by atoms with Crippen molar-refractivity contribution in [3.8, 4) is 16.9 Å². The van der Waals surface area contributed by atoms with Gasteiger partial charge in [0.1, 0.15) is 12.4 Å². The molecule has 0 bridgehead atoms. The Kier molecular flexibility index (Phi) is 5.56. The normalized spacial score (nSPS) is 12.7. The molecule has 0 radical (unpaired) electrons. The van der Waals surface area contributed by atoms with Gasteiger partial charge in [0.25, 0.3) is 0 Å². The molecule has 7 heteroatoms. The van der Waals surface area contributed by atoms with Crippen molar-refractivity contribution in [1.29, 1.82) is 0 Å². The van der Waals surface area contributed by atoms with Gasteiger partial charge in [-0.3, -0.25) is 4.79 Å². The van der Waals surface area contributed by atoms with E-state index in [0.29, 0.717) is 12.4 Å². The standard InChI is InChI=1S/C23H17BrF3NO2/c24-19-10-11-20(30-13-14-4-2-1-3-5-14)21-17(19)9-7-15-6-8-16(12-18(15)21)28-22(29)23(25,26)27/h1-6,8,10-12H,7,9,13H2,(H,28,29).